The topological polar surface area (TPSA) is 95.9 Å². The Bertz CT molecular complexity index is 1030. The molecule has 0 bridgehead atoms. The fourth-order valence-corrected chi connectivity index (χ4v) is 5.44. The number of hydrogen-bond acceptors (Lipinski definition) is 5. The molecule has 2 N–H and O–H groups in total. The summed E-state index contributed by atoms with van der Waals surface area (Å²) < 4.78 is 5.62. The van der Waals surface area contributed by atoms with Crippen molar-refractivity contribution in [2.45, 2.75) is 25.3 Å². The number of carboxylic acids is 1. The van der Waals surface area contributed by atoms with Gasteiger partial charge in [-0.25, -0.2) is 4.79 Å². The van der Waals surface area contributed by atoms with E-state index in [1.807, 2.05) is 37.4 Å². The van der Waals surface area contributed by atoms with Crippen LogP contribution in [0.4, 0.5) is 4.79 Å². The molecule has 2 aromatic carbocycles. The second-order valence-corrected chi connectivity index (χ2v) is 9.95. The zero-order valence-electron chi connectivity index (χ0n) is 19.4. The zero-order chi connectivity index (χ0) is 24.2. The maximum absolute atomic E-state index is 13.1. The van der Waals surface area contributed by atoms with Gasteiger partial charge >= 0.3 is 12.1 Å². The van der Waals surface area contributed by atoms with Crippen molar-refractivity contribution in [3.05, 3.63) is 59.7 Å². The van der Waals surface area contributed by atoms with Gasteiger partial charge in [-0.1, -0.05) is 55.5 Å². The van der Waals surface area contributed by atoms with Gasteiger partial charge in [0.2, 0.25) is 5.91 Å². The number of thioether (sulfide) groups is 1. The van der Waals surface area contributed by atoms with Crippen LogP contribution in [0.1, 0.15) is 30.4 Å². The number of benzene rings is 2. The van der Waals surface area contributed by atoms with E-state index in [9.17, 15) is 19.5 Å². The van der Waals surface area contributed by atoms with Gasteiger partial charge in [-0.3, -0.25) is 9.59 Å². The van der Waals surface area contributed by atoms with Gasteiger partial charge in [-0.2, -0.15) is 11.8 Å². The van der Waals surface area contributed by atoms with E-state index in [1.54, 1.807) is 16.7 Å². The number of hydrogen-bond donors (Lipinski definition) is 2. The summed E-state index contributed by atoms with van der Waals surface area (Å²) in [6.45, 7) is 2.54. The first-order chi connectivity index (χ1) is 16.4. The van der Waals surface area contributed by atoms with Crippen LogP contribution in [0.3, 0.4) is 0 Å². The molecule has 2 aromatic rings. The Kier molecular flexibility index (Phi) is 7.46. The molecule has 4 rings (SSSR count). The Morgan fingerprint density at radius 2 is 1.71 bits per heavy atom. The summed E-state index contributed by atoms with van der Waals surface area (Å²) in [5.41, 5.74) is 4.54. The molecule has 2 unspecified atom stereocenters. The molecule has 8 heteroatoms. The lowest BCUT2D eigenvalue weighted by Gasteiger charge is -2.24. The summed E-state index contributed by atoms with van der Waals surface area (Å²) in [6, 6.07) is 15.5. The number of carbonyl (C=O) groups is 3. The zero-order valence-corrected chi connectivity index (χ0v) is 20.2. The molecule has 0 spiro atoms. The molecule has 1 saturated heterocycles. The van der Waals surface area contributed by atoms with E-state index in [0.29, 0.717) is 18.7 Å². The van der Waals surface area contributed by atoms with E-state index in [-0.39, 0.29) is 30.9 Å². The first-order valence-corrected chi connectivity index (χ1v) is 12.9. The highest BCUT2D eigenvalue weighted by atomic mass is 32.2. The molecule has 1 heterocycles. The minimum Gasteiger partial charge on any atom is -0.481 e. The van der Waals surface area contributed by atoms with Crippen LogP contribution >= 0.6 is 11.8 Å². The van der Waals surface area contributed by atoms with Crippen molar-refractivity contribution in [3.63, 3.8) is 0 Å². The lowest BCUT2D eigenvalue weighted by molar-refractivity contribution is -0.142. The van der Waals surface area contributed by atoms with Gasteiger partial charge in [0.05, 0.1) is 5.92 Å². The Hall–Kier alpha value is -3.00. The van der Waals surface area contributed by atoms with Crippen molar-refractivity contribution in [1.29, 1.82) is 0 Å². The molecule has 34 heavy (non-hydrogen) atoms. The van der Waals surface area contributed by atoms with Crippen LogP contribution in [0.5, 0.6) is 0 Å². The van der Waals surface area contributed by atoms with Gasteiger partial charge < -0.3 is 20.1 Å². The molecule has 0 radical (unpaired) electrons. The number of rotatable bonds is 8. The smallest absolute Gasteiger partial charge is 0.407 e. The lowest BCUT2D eigenvalue weighted by atomic mass is 9.98. The van der Waals surface area contributed by atoms with Crippen molar-refractivity contribution >= 4 is 29.7 Å². The number of amides is 2. The van der Waals surface area contributed by atoms with Gasteiger partial charge in [0.15, 0.2) is 0 Å². The Labute approximate surface area is 203 Å². The van der Waals surface area contributed by atoms with Crippen LogP contribution < -0.4 is 5.32 Å². The van der Waals surface area contributed by atoms with Crippen molar-refractivity contribution < 1.29 is 24.2 Å². The summed E-state index contributed by atoms with van der Waals surface area (Å²) in [6.07, 6.45) is 1.75. The van der Waals surface area contributed by atoms with E-state index < -0.39 is 24.0 Å². The second kappa shape index (κ2) is 10.5. The summed E-state index contributed by atoms with van der Waals surface area (Å²) in [5, 5.41) is 12.1. The lowest BCUT2D eigenvalue weighted by Crippen LogP contribution is -2.48. The third kappa shape index (κ3) is 4.92. The minimum atomic E-state index is -0.895. The molecule has 7 nitrogen and oxygen atoms in total. The van der Waals surface area contributed by atoms with Crippen molar-refractivity contribution in [3.8, 4) is 11.1 Å². The first-order valence-electron chi connectivity index (χ1n) is 11.5. The minimum absolute atomic E-state index is 0.0609. The maximum atomic E-state index is 13.1. The SMILES string of the molecule is CSCC[C@@H](NC(=O)OCC1c2ccccc2-c2ccccc21)C(=O)N1CC(C)C(C(=O)O)C1. The standard InChI is InChI=1S/C26H30N2O5S/c1-16-13-28(14-21(16)25(30)31)24(29)23(11-12-34-2)27-26(32)33-15-22-19-9-5-3-7-17(19)18-8-4-6-10-20(18)22/h3-10,16,21-23H,11-15H2,1-2H3,(H,27,32)(H,30,31)/t16?,21?,23-/m1/s1. The second-order valence-electron chi connectivity index (χ2n) is 8.97. The highest BCUT2D eigenvalue weighted by Gasteiger charge is 2.39. The predicted octanol–water partition coefficient (Wildman–Crippen LogP) is 3.83. The van der Waals surface area contributed by atoms with Gasteiger partial charge in [-0.15, -0.1) is 0 Å². The quantitative estimate of drug-likeness (QED) is 0.594. The fourth-order valence-electron chi connectivity index (χ4n) is 4.96. The van der Waals surface area contributed by atoms with E-state index in [1.165, 1.54) is 0 Å². The number of fused-ring (bicyclic) bond motifs is 3. The van der Waals surface area contributed by atoms with Gasteiger partial charge in [0.25, 0.3) is 0 Å². The van der Waals surface area contributed by atoms with Crippen LogP contribution in [0.25, 0.3) is 11.1 Å². The molecule has 2 amide bonds. The molecule has 1 aliphatic heterocycles. The molecule has 1 aliphatic carbocycles. The Balaban J connectivity index is 1.41. The molecular formula is C26H30N2O5S. The summed E-state index contributed by atoms with van der Waals surface area (Å²) in [7, 11) is 0. The Morgan fingerprint density at radius 1 is 1.09 bits per heavy atom. The number of aliphatic carboxylic acids is 1. The average Bonchev–Trinajstić information content (AvgIpc) is 3.38. The molecule has 180 valence electrons. The third-order valence-electron chi connectivity index (χ3n) is 6.79. The van der Waals surface area contributed by atoms with Crippen molar-refractivity contribution in [1.82, 2.24) is 10.2 Å². The molecular weight excluding hydrogens is 452 g/mol. The van der Waals surface area contributed by atoms with E-state index in [2.05, 4.69) is 29.6 Å². The number of nitrogens with one attached hydrogen (secondary N) is 1. The number of alkyl carbamates (subject to hydrolysis) is 1. The van der Waals surface area contributed by atoms with Crippen LogP contribution in [-0.4, -0.2) is 65.7 Å². The summed E-state index contributed by atoms with van der Waals surface area (Å²) in [5.74, 6) is -1.23. The van der Waals surface area contributed by atoms with Crippen LogP contribution in [0.15, 0.2) is 48.5 Å². The summed E-state index contributed by atoms with van der Waals surface area (Å²) in [4.78, 5) is 38.9. The average molecular weight is 483 g/mol. The number of carboxylic acid groups (broad SMARTS) is 1. The van der Waals surface area contributed by atoms with Crippen LogP contribution in [-0.2, 0) is 14.3 Å². The van der Waals surface area contributed by atoms with Gasteiger partial charge in [-0.05, 0) is 46.6 Å². The highest BCUT2D eigenvalue weighted by molar-refractivity contribution is 7.98. The summed E-state index contributed by atoms with van der Waals surface area (Å²) >= 11 is 1.58. The largest absolute Gasteiger partial charge is 0.481 e. The van der Waals surface area contributed by atoms with Crippen LogP contribution in [0, 0.1) is 11.8 Å². The first kappa shape index (κ1) is 24.1. The number of likely N-dealkylation sites (tertiary alicyclic amines) is 1. The highest BCUT2D eigenvalue weighted by Crippen LogP contribution is 2.44. The van der Waals surface area contributed by atoms with Crippen molar-refractivity contribution in [2.75, 3.05) is 31.7 Å². The molecule has 3 atom stereocenters. The number of nitrogens with zero attached hydrogens (tertiary/aromatic N) is 1. The third-order valence-corrected chi connectivity index (χ3v) is 7.43. The molecule has 0 aromatic heterocycles. The van der Waals surface area contributed by atoms with E-state index >= 15 is 0 Å². The maximum Gasteiger partial charge on any atom is 0.407 e. The van der Waals surface area contributed by atoms with Crippen LogP contribution in [0.2, 0.25) is 0 Å². The van der Waals surface area contributed by atoms with Gasteiger partial charge in [0.1, 0.15) is 12.6 Å². The van der Waals surface area contributed by atoms with Crippen molar-refractivity contribution in [2.24, 2.45) is 11.8 Å². The molecule has 0 saturated carbocycles. The number of ether oxygens (including phenoxy) is 1. The fraction of sp³-hybridized carbons (Fsp3) is 0.423. The van der Waals surface area contributed by atoms with E-state index in [4.69, 9.17) is 4.74 Å². The van der Waals surface area contributed by atoms with Gasteiger partial charge in [0, 0.05) is 19.0 Å². The predicted molar refractivity (Wildman–Crippen MR) is 132 cm³/mol. The number of carbonyl (C=O) groups excluding carboxylic acids is 2. The monoisotopic (exact) mass is 482 g/mol. The Morgan fingerprint density at radius 3 is 2.26 bits per heavy atom. The van der Waals surface area contributed by atoms with E-state index in [0.717, 1.165) is 22.3 Å². The molecule has 2 aliphatic rings. The molecule has 1 fully saturated rings. The normalized spacial score (nSPS) is 19.9.